The lowest BCUT2D eigenvalue weighted by molar-refractivity contribution is 0.477. The van der Waals surface area contributed by atoms with Crippen molar-refractivity contribution in [1.82, 2.24) is 0 Å². The summed E-state index contributed by atoms with van der Waals surface area (Å²) in [6.45, 7) is 0. The van der Waals surface area contributed by atoms with E-state index >= 15 is 0 Å². The second-order valence-electron chi connectivity index (χ2n) is 3.67. The molecule has 76 valence electrons. The van der Waals surface area contributed by atoms with Crippen LogP contribution in [0.1, 0.15) is 19.3 Å². The summed E-state index contributed by atoms with van der Waals surface area (Å²) in [7, 11) is -3.07. The van der Waals surface area contributed by atoms with Crippen molar-refractivity contribution in [3.8, 4) is 0 Å². The Kier molecular flexibility index (Phi) is 2.23. The topological polar surface area (TPSA) is 60.2 Å². The average molecular weight is 211 g/mol. The Morgan fingerprint density at radius 3 is 2.14 bits per heavy atom. The molecule has 2 N–H and O–H groups in total. The molecule has 1 aromatic carbocycles. The van der Waals surface area contributed by atoms with Gasteiger partial charge in [0, 0.05) is 5.69 Å². The van der Waals surface area contributed by atoms with Crippen molar-refractivity contribution >= 4 is 15.5 Å². The number of anilines is 1. The van der Waals surface area contributed by atoms with Gasteiger partial charge in [-0.2, -0.15) is 0 Å². The van der Waals surface area contributed by atoms with Gasteiger partial charge in [-0.3, -0.25) is 0 Å². The van der Waals surface area contributed by atoms with Gasteiger partial charge in [0.15, 0.2) is 9.84 Å². The molecule has 0 saturated heterocycles. The van der Waals surface area contributed by atoms with Crippen LogP contribution >= 0.6 is 0 Å². The molecular weight excluding hydrogens is 198 g/mol. The zero-order chi connectivity index (χ0) is 10.2. The minimum atomic E-state index is -3.07. The Morgan fingerprint density at radius 1 is 1.14 bits per heavy atom. The molecule has 1 fully saturated rings. The van der Waals surface area contributed by atoms with Gasteiger partial charge in [-0.1, -0.05) is 6.42 Å². The maximum atomic E-state index is 11.9. The molecule has 0 spiro atoms. The van der Waals surface area contributed by atoms with Crippen molar-refractivity contribution < 1.29 is 8.42 Å². The first-order valence-electron chi connectivity index (χ1n) is 4.70. The van der Waals surface area contributed by atoms with Gasteiger partial charge in [0.05, 0.1) is 10.1 Å². The fourth-order valence-corrected chi connectivity index (χ4v) is 3.39. The van der Waals surface area contributed by atoms with Crippen LogP contribution in [0, 0.1) is 0 Å². The zero-order valence-corrected chi connectivity index (χ0v) is 8.63. The predicted octanol–water partition coefficient (Wildman–Crippen LogP) is 1.60. The minimum absolute atomic E-state index is 0.161. The van der Waals surface area contributed by atoms with Crippen LogP contribution in [0.4, 0.5) is 5.69 Å². The highest BCUT2D eigenvalue weighted by atomic mass is 32.2. The Morgan fingerprint density at radius 2 is 1.71 bits per heavy atom. The Balaban J connectivity index is 2.34. The van der Waals surface area contributed by atoms with E-state index in [2.05, 4.69) is 0 Å². The molecule has 0 aliphatic heterocycles. The summed E-state index contributed by atoms with van der Waals surface area (Å²) in [6, 6.07) is 6.43. The van der Waals surface area contributed by atoms with Gasteiger partial charge in [-0.25, -0.2) is 8.42 Å². The Labute approximate surface area is 83.9 Å². The summed E-state index contributed by atoms with van der Waals surface area (Å²) < 4.78 is 23.8. The number of rotatable bonds is 2. The Bertz CT molecular complexity index is 418. The third-order valence-corrected chi connectivity index (χ3v) is 4.98. The molecule has 4 heteroatoms. The average Bonchev–Trinajstić information content (AvgIpc) is 2.00. The van der Waals surface area contributed by atoms with Crippen molar-refractivity contribution in [1.29, 1.82) is 0 Å². The lowest BCUT2D eigenvalue weighted by Crippen LogP contribution is -2.28. The van der Waals surface area contributed by atoms with Crippen LogP contribution < -0.4 is 5.73 Å². The van der Waals surface area contributed by atoms with Gasteiger partial charge in [0.1, 0.15) is 0 Å². The second-order valence-corrected chi connectivity index (χ2v) is 5.90. The third kappa shape index (κ3) is 1.50. The van der Waals surface area contributed by atoms with Crippen LogP contribution in [0.25, 0.3) is 0 Å². The fourth-order valence-electron chi connectivity index (χ4n) is 1.53. The normalized spacial score (nSPS) is 17.7. The zero-order valence-electron chi connectivity index (χ0n) is 7.81. The fraction of sp³-hybridized carbons (Fsp3) is 0.400. The maximum absolute atomic E-state index is 11.9. The molecule has 3 nitrogen and oxygen atoms in total. The lowest BCUT2D eigenvalue weighted by atomic mass is 10.00. The largest absolute Gasteiger partial charge is 0.399 e. The highest BCUT2D eigenvalue weighted by molar-refractivity contribution is 7.92. The van der Waals surface area contributed by atoms with E-state index in [1.807, 2.05) is 0 Å². The van der Waals surface area contributed by atoms with Crippen LogP contribution in [0.15, 0.2) is 29.2 Å². The summed E-state index contributed by atoms with van der Waals surface area (Å²) in [5.41, 5.74) is 6.09. The molecule has 0 unspecified atom stereocenters. The first-order valence-corrected chi connectivity index (χ1v) is 6.25. The van der Waals surface area contributed by atoms with Crippen LogP contribution in [0.2, 0.25) is 0 Å². The third-order valence-electron chi connectivity index (χ3n) is 2.70. The highest BCUT2D eigenvalue weighted by Crippen LogP contribution is 2.31. The van der Waals surface area contributed by atoms with Crippen molar-refractivity contribution in [3.05, 3.63) is 24.3 Å². The van der Waals surface area contributed by atoms with Crippen molar-refractivity contribution in [3.63, 3.8) is 0 Å². The van der Waals surface area contributed by atoms with Gasteiger partial charge >= 0.3 is 0 Å². The van der Waals surface area contributed by atoms with E-state index in [-0.39, 0.29) is 5.25 Å². The van der Waals surface area contributed by atoms with E-state index in [1.54, 1.807) is 24.3 Å². The van der Waals surface area contributed by atoms with Crippen LogP contribution in [0.5, 0.6) is 0 Å². The molecule has 1 aliphatic carbocycles. The molecule has 14 heavy (non-hydrogen) atoms. The molecular formula is C10H13NO2S. The Hall–Kier alpha value is -1.03. The molecule has 0 aromatic heterocycles. The lowest BCUT2D eigenvalue weighted by Gasteiger charge is -2.25. The van der Waals surface area contributed by atoms with Crippen LogP contribution in [-0.2, 0) is 9.84 Å². The monoisotopic (exact) mass is 211 g/mol. The van der Waals surface area contributed by atoms with Gasteiger partial charge in [0.2, 0.25) is 0 Å². The summed E-state index contributed by atoms with van der Waals surface area (Å²) in [6.07, 6.45) is 2.62. The second kappa shape index (κ2) is 3.28. The van der Waals surface area contributed by atoms with Gasteiger partial charge < -0.3 is 5.73 Å². The quantitative estimate of drug-likeness (QED) is 0.756. The smallest absolute Gasteiger partial charge is 0.181 e. The van der Waals surface area contributed by atoms with Crippen molar-refractivity contribution in [2.24, 2.45) is 0 Å². The van der Waals surface area contributed by atoms with Crippen molar-refractivity contribution in [2.75, 3.05) is 5.73 Å². The maximum Gasteiger partial charge on any atom is 0.181 e. The molecule has 0 heterocycles. The number of hydrogen-bond donors (Lipinski definition) is 1. The summed E-state index contributed by atoms with van der Waals surface area (Å²) in [5, 5.41) is -0.161. The van der Waals surface area contributed by atoms with Crippen LogP contribution in [0.3, 0.4) is 0 Å². The molecule has 1 aliphatic rings. The molecule has 1 saturated carbocycles. The molecule has 1 aromatic rings. The predicted molar refractivity (Wildman–Crippen MR) is 55.7 cm³/mol. The van der Waals surface area contributed by atoms with E-state index in [9.17, 15) is 8.42 Å². The number of nitrogen functional groups attached to an aromatic ring is 1. The van der Waals surface area contributed by atoms with E-state index < -0.39 is 9.84 Å². The summed E-state index contributed by atoms with van der Waals surface area (Å²) in [4.78, 5) is 0.399. The molecule has 0 radical (unpaired) electrons. The summed E-state index contributed by atoms with van der Waals surface area (Å²) >= 11 is 0. The molecule has 0 atom stereocenters. The molecule has 2 rings (SSSR count). The number of sulfone groups is 1. The van der Waals surface area contributed by atoms with Gasteiger partial charge in [-0.15, -0.1) is 0 Å². The molecule has 0 bridgehead atoms. The minimum Gasteiger partial charge on any atom is -0.399 e. The van der Waals surface area contributed by atoms with E-state index in [1.165, 1.54) is 0 Å². The number of hydrogen-bond acceptors (Lipinski definition) is 3. The van der Waals surface area contributed by atoms with E-state index in [4.69, 9.17) is 5.73 Å². The van der Waals surface area contributed by atoms with E-state index in [0.29, 0.717) is 10.6 Å². The number of benzene rings is 1. The van der Waals surface area contributed by atoms with Crippen LogP contribution in [-0.4, -0.2) is 13.7 Å². The summed E-state index contributed by atoms with van der Waals surface area (Å²) in [5.74, 6) is 0. The van der Waals surface area contributed by atoms with Gasteiger partial charge in [0.25, 0.3) is 0 Å². The van der Waals surface area contributed by atoms with Crippen molar-refractivity contribution in [2.45, 2.75) is 29.4 Å². The van der Waals surface area contributed by atoms with E-state index in [0.717, 1.165) is 19.3 Å². The highest BCUT2D eigenvalue weighted by Gasteiger charge is 2.32. The first kappa shape index (κ1) is 9.52. The first-order chi connectivity index (χ1) is 6.60. The molecule has 0 amide bonds. The van der Waals surface area contributed by atoms with Gasteiger partial charge in [-0.05, 0) is 37.1 Å². The number of nitrogens with two attached hydrogens (primary N) is 1. The standard InChI is InChI=1S/C10H13NO2S/c11-8-4-6-10(7-5-8)14(12,13)9-2-1-3-9/h4-7,9H,1-3,11H2. The SMILES string of the molecule is Nc1ccc(S(=O)(=O)C2CCC2)cc1.